The molecule has 4 unspecified atom stereocenters. The van der Waals surface area contributed by atoms with Gasteiger partial charge in [0.15, 0.2) is 0 Å². The van der Waals surface area contributed by atoms with Crippen LogP contribution in [-0.4, -0.2) is 24.0 Å². The number of rotatable bonds is 11. The first kappa shape index (κ1) is 30.7. The summed E-state index contributed by atoms with van der Waals surface area (Å²) in [7, 11) is 0. The highest BCUT2D eigenvalue weighted by atomic mass is 15.2. The Balaban J connectivity index is 1.67. The van der Waals surface area contributed by atoms with Crippen LogP contribution in [0.25, 0.3) is 0 Å². The molecular weight excluding hydrogens is 446 g/mol. The zero-order valence-electron chi connectivity index (χ0n) is 26.5. The minimum atomic E-state index is 0.434. The molecule has 1 nitrogen and oxygen atoms in total. The lowest BCUT2D eigenvalue weighted by Gasteiger charge is -2.57. The molecule has 0 aromatic carbocycles. The standard InChI is InChI=1S/C36H63N/c1-11-21-34(9)27-36(34)23-15-22-33(7,8)35(36,10)24-26-37-25-14-18-30(5)32(31(37)6)20-19-29(4)17-13-16-28(3)12-2/h12-13,16,29,31-32H,5,11,14-15,17-27H2,1-4,6-10H3/b16-13-,28-12-/t29?,31?,32?,34-,35+,36?/m1/s1. The minimum Gasteiger partial charge on any atom is -0.300 e. The number of nitrogens with zero attached hydrogens (tertiary/aromatic N) is 1. The highest BCUT2D eigenvalue weighted by molar-refractivity contribution is 5.23. The van der Waals surface area contributed by atoms with E-state index >= 15 is 0 Å². The van der Waals surface area contributed by atoms with Crippen molar-refractivity contribution in [3.8, 4) is 0 Å². The fourth-order valence-electron chi connectivity index (χ4n) is 9.15. The quantitative estimate of drug-likeness (QED) is 0.198. The van der Waals surface area contributed by atoms with Crippen LogP contribution in [0.4, 0.5) is 0 Å². The third-order valence-corrected chi connectivity index (χ3v) is 12.3. The van der Waals surface area contributed by atoms with Crippen LogP contribution in [0, 0.1) is 33.5 Å². The van der Waals surface area contributed by atoms with Crippen LogP contribution in [0.1, 0.15) is 139 Å². The molecule has 3 fully saturated rings. The van der Waals surface area contributed by atoms with Crippen molar-refractivity contribution < 1.29 is 0 Å². The van der Waals surface area contributed by atoms with Crippen LogP contribution in [-0.2, 0) is 0 Å². The predicted octanol–water partition coefficient (Wildman–Crippen LogP) is 10.8. The lowest BCUT2D eigenvalue weighted by atomic mass is 9.48. The van der Waals surface area contributed by atoms with Gasteiger partial charge < -0.3 is 4.90 Å². The molecule has 1 aliphatic heterocycles. The Hall–Kier alpha value is -0.820. The normalized spacial score (nSPS) is 37.8. The Bertz CT molecular complexity index is 832. The first-order valence-electron chi connectivity index (χ1n) is 16.1. The molecule has 0 aromatic heterocycles. The number of hydrogen-bond acceptors (Lipinski definition) is 1. The molecule has 3 aliphatic rings. The number of allylic oxidation sites excluding steroid dienone is 4. The van der Waals surface area contributed by atoms with Crippen molar-refractivity contribution in [1.82, 2.24) is 4.90 Å². The molecule has 1 saturated heterocycles. The van der Waals surface area contributed by atoms with Crippen molar-refractivity contribution in [2.24, 2.45) is 33.5 Å². The van der Waals surface area contributed by atoms with Crippen LogP contribution in [0.15, 0.2) is 36.0 Å². The van der Waals surface area contributed by atoms with E-state index < -0.39 is 0 Å². The molecule has 1 heteroatoms. The maximum absolute atomic E-state index is 4.63. The van der Waals surface area contributed by atoms with E-state index in [1.165, 1.54) is 101 Å². The van der Waals surface area contributed by atoms with Gasteiger partial charge in [-0.25, -0.2) is 0 Å². The largest absolute Gasteiger partial charge is 0.300 e. The summed E-state index contributed by atoms with van der Waals surface area (Å²) in [6, 6.07) is 0.621. The lowest BCUT2D eigenvalue weighted by Crippen LogP contribution is -2.51. The lowest BCUT2D eigenvalue weighted by molar-refractivity contribution is -0.0768. The molecule has 3 rings (SSSR count). The van der Waals surface area contributed by atoms with Crippen LogP contribution in [0.3, 0.4) is 0 Å². The highest BCUT2D eigenvalue weighted by Gasteiger charge is 2.74. The summed E-state index contributed by atoms with van der Waals surface area (Å²) in [6.45, 7) is 29.4. The van der Waals surface area contributed by atoms with E-state index in [0.717, 1.165) is 5.92 Å². The van der Waals surface area contributed by atoms with Gasteiger partial charge in [0.1, 0.15) is 0 Å². The van der Waals surface area contributed by atoms with Gasteiger partial charge in [0.2, 0.25) is 0 Å². The van der Waals surface area contributed by atoms with Gasteiger partial charge in [-0.2, -0.15) is 0 Å². The van der Waals surface area contributed by atoms with Gasteiger partial charge in [0.05, 0.1) is 0 Å². The molecular formula is C36H63N. The summed E-state index contributed by atoms with van der Waals surface area (Å²) in [4.78, 5) is 2.89. The second kappa shape index (κ2) is 12.1. The van der Waals surface area contributed by atoms with Gasteiger partial charge in [-0.1, -0.05) is 90.3 Å². The van der Waals surface area contributed by atoms with Crippen molar-refractivity contribution in [3.05, 3.63) is 36.0 Å². The summed E-state index contributed by atoms with van der Waals surface area (Å²) in [5, 5.41) is 0. The van der Waals surface area contributed by atoms with Crippen molar-refractivity contribution in [3.63, 3.8) is 0 Å². The Morgan fingerprint density at radius 3 is 2.54 bits per heavy atom. The molecule has 0 N–H and O–H groups in total. The zero-order chi connectivity index (χ0) is 27.5. The Labute approximate surface area is 232 Å². The maximum atomic E-state index is 4.63. The van der Waals surface area contributed by atoms with Crippen molar-refractivity contribution in [1.29, 1.82) is 0 Å². The van der Waals surface area contributed by atoms with E-state index in [0.29, 0.717) is 33.6 Å². The summed E-state index contributed by atoms with van der Waals surface area (Å²) in [5.41, 5.74) is 4.91. The van der Waals surface area contributed by atoms with E-state index in [1.807, 2.05) is 0 Å². The highest BCUT2D eigenvalue weighted by Crippen LogP contribution is 2.82. The Morgan fingerprint density at radius 2 is 1.86 bits per heavy atom. The number of hydrogen-bond donors (Lipinski definition) is 0. The summed E-state index contributed by atoms with van der Waals surface area (Å²) >= 11 is 0. The average molecular weight is 510 g/mol. The SMILES string of the molecule is C=C1CCCN(CC[C@@]2(C)C(C)(C)CCCC23C[C@@]3(C)CCC)C(C)C1CCC(C)C/C=C\C(C)=C/C. The molecule has 0 aromatic rings. The maximum Gasteiger partial charge on any atom is 0.0132 e. The molecule has 1 spiro atoms. The Kier molecular flexibility index (Phi) is 10.1. The molecule has 2 saturated carbocycles. The monoisotopic (exact) mass is 509 g/mol. The van der Waals surface area contributed by atoms with Gasteiger partial charge in [0, 0.05) is 6.04 Å². The Morgan fingerprint density at radius 1 is 1.14 bits per heavy atom. The molecule has 212 valence electrons. The van der Waals surface area contributed by atoms with E-state index in [4.69, 9.17) is 0 Å². The molecule has 6 atom stereocenters. The summed E-state index contributed by atoms with van der Waals surface area (Å²) in [5.74, 6) is 1.39. The fraction of sp³-hybridized carbons (Fsp3) is 0.833. The van der Waals surface area contributed by atoms with Crippen LogP contribution < -0.4 is 0 Å². The minimum absolute atomic E-state index is 0.434. The van der Waals surface area contributed by atoms with E-state index in [2.05, 4.69) is 92.0 Å². The van der Waals surface area contributed by atoms with Crippen molar-refractivity contribution in [2.45, 2.75) is 145 Å². The molecule has 37 heavy (non-hydrogen) atoms. The van der Waals surface area contributed by atoms with Crippen LogP contribution >= 0.6 is 0 Å². The second-order valence-electron chi connectivity index (χ2n) is 14.9. The van der Waals surface area contributed by atoms with Crippen LogP contribution in [0.2, 0.25) is 0 Å². The van der Waals surface area contributed by atoms with Gasteiger partial charge in [-0.05, 0) is 132 Å². The fourth-order valence-corrected chi connectivity index (χ4v) is 9.15. The molecule has 0 amide bonds. The first-order valence-corrected chi connectivity index (χ1v) is 16.1. The average Bonchev–Trinajstić information content (AvgIpc) is 3.46. The topological polar surface area (TPSA) is 3.24 Å². The van der Waals surface area contributed by atoms with Crippen molar-refractivity contribution in [2.75, 3.05) is 13.1 Å². The smallest absolute Gasteiger partial charge is 0.0132 e. The third kappa shape index (κ3) is 6.18. The van der Waals surface area contributed by atoms with Gasteiger partial charge in [-0.15, -0.1) is 0 Å². The number of likely N-dealkylation sites (tertiary alicyclic amines) is 1. The molecule has 1 heterocycles. The second-order valence-corrected chi connectivity index (χ2v) is 14.9. The third-order valence-electron chi connectivity index (χ3n) is 12.3. The van der Waals surface area contributed by atoms with E-state index in [9.17, 15) is 0 Å². The van der Waals surface area contributed by atoms with Gasteiger partial charge in [0.25, 0.3) is 0 Å². The molecule has 0 bridgehead atoms. The zero-order valence-corrected chi connectivity index (χ0v) is 26.5. The first-order chi connectivity index (χ1) is 17.4. The predicted molar refractivity (Wildman–Crippen MR) is 165 cm³/mol. The van der Waals surface area contributed by atoms with E-state index in [1.54, 1.807) is 0 Å². The van der Waals surface area contributed by atoms with Gasteiger partial charge in [-0.3, -0.25) is 0 Å². The molecule has 2 aliphatic carbocycles. The molecule has 0 radical (unpaired) electrons. The van der Waals surface area contributed by atoms with Gasteiger partial charge >= 0.3 is 0 Å². The summed E-state index contributed by atoms with van der Waals surface area (Å²) < 4.78 is 0. The summed E-state index contributed by atoms with van der Waals surface area (Å²) in [6.07, 6.45) is 23.1. The van der Waals surface area contributed by atoms with E-state index in [-0.39, 0.29) is 0 Å². The van der Waals surface area contributed by atoms with Crippen LogP contribution in [0.5, 0.6) is 0 Å². The van der Waals surface area contributed by atoms with Crippen molar-refractivity contribution >= 4 is 0 Å².